The van der Waals surface area contributed by atoms with Crippen LogP contribution in [0.4, 0.5) is 0 Å². The quantitative estimate of drug-likeness (QED) is 0.780. The molecule has 0 radical (unpaired) electrons. The average molecular weight is 237 g/mol. The summed E-state index contributed by atoms with van der Waals surface area (Å²) in [7, 11) is 1.59. The van der Waals surface area contributed by atoms with E-state index >= 15 is 0 Å². The zero-order valence-electron chi connectivity index (χ0n) is 10.2. The van der Waals surface area contributed by atoms with E-state index in [9.17, 15) is 9.59 Å². The summed E-state index contributed by atoms with van der Waals surface area (Å²) >= 11 is 0. The Labute approximate surface area is 101 Å². The van der Waals surface area contributed by atoms with E-state index in [1.807, 2.05) is 0 Å². The van der Waals surface area contributed by atoms with Gasteiger partial charge >= 0.3 is 0 Å². The van der Waals surface area contributed by atoms with Crippen LogP contribution in [0, 0.1) is 0 Å². The van der Waals surface area contributed by atoms with Crippen molar-refractivity contribution in [1.29, 1.82) is 0 Å². The second kappa shape index (κ2) is 5.29. The Morgan fingerprint density at radius 3 is 2.65 bits per heavy atom. The molecule has 1 N–H and O–H groups in total. The number of amides is 2. The van der Waals surface area contributed by atoms with E-state index in [1.54, 1.807) is 7.05 Å². The van der Waals surface area contributed by atoms with Crippen molar-refractivity contribution in [3.8, 4) is 0 Å². The number of hydrogen-bond donors (Lipinski definition) is 1. The lowest BCUT2D eigenvalue weighted by molar-refractivity contribution is -0.130. The predicted octanol–water partition coefficient (Wildman–Crippen LogP) is 1.04. The van der Waals surface area contributed by atoms with Gasteiger partial charge in [0.1, 0.15) is 5.71 Å². The maximum absolute atomic E-state index is 11.9. The van der Waals surface area contributed by atoms with E-state index in [4.69, 9.17) is 0 Å². The first kappa shape index (κ1) is 12.1. The number of hydrazone groups is 1. The molecule has 1 aliphatic heterocycles. The van der Waals surface area contributed by atoms with E-state index in [1.165, 1.54) is 24.3 Å². The molecule has 5 heteroatoms. The van der Waals surface area contributed by atoms with Gasteiger partial charge in [0.2, 0.25) is 5.91 Å². The molecule has 5 nitrogen and oxygen atoms in total. The highest BCUT2D eigenvalue weighted by Crippen LogP contribution is 2.17. The Morgan fingerprint density at radius 2 is 2.00 bits per heavy atom. The number of nitrogens with one attached hydrogen (secondary N) is 1. The van der Waals surface area contributed by atoms with Crippen LogP contribution < -0.4 is 5.32 Å². The topological polar surface area (TPSA) is 61.8 Å². The van der Waals surface area contributed by atoms with E-state index in [2.05, 4.69) is 10.4 Å². The summed E-state index contributed by atoms with van der Waals surface area (Å²) in [5.74, 6) is -0.129. The molecule has 0 aromatic rings. The van der Waals surface area contributed by atoms with Gasteiger partial charge < -0.3 is 5.32 Å². The van der Waals surface area contributed by atoms with Crippen molar-refractivity contribution in [2.75, 3.05) is 7.05 Å². The molecule has 2 amide bonds. The van der Waals surface area contributed by atoms with E-state index in [-0.39, 0.29) is 11.8 Å². The van der Waals surface area contributed by atoms with Crippen LogP contribution in [0.2, 0.25) is 0 Å². The average Bonchev–Trinajstić information content (AvgIpc) is 2.34. The third-order valence-electron chi connectivity index (χ3n) is 3.41. The first-order valence-corrected chi connectivity index (χ1v) is 6.31. The molecule has 17 heavy (non-hydrogen) atoms. The maximum atomic E-state index is 11.9. The summed E-state index contributed by atoms with van der Waals surface area (Å²) < 4.78 is 0. The third-order valence-corrected chi connectivity index (χ3v) is 3.41. The Bertz CT molecular complexity index is 346. The SMILES string of the molecule is CN1N=C(C(=O)NC2CCCCC2)CCC1=O. The minimum absolute atomic E-state index is 0.0285. The summed E-state index contributed by atoms with van der Waals surface area (Å²) in [5, 5.41) is 8.30. The fourth-order valence-corrected chi connectivity index (χ4v) is 2.35. The third kappa shape index (κ3) is 3.05. The number of carbonyl (C=O) groups excluding carboxylic acids is 2. The van der Waals surface area contributed by atoms with Crippen LogP contribution in [0.15, 0.2) is 5.10 Å². The molecule has 94 valence electrons. The first-order chi connectivity index (χ1) is 8.16. The lowest BCUT2D eigenvalue weighted by Gasteiger charge is -2.24. The van der Waals surface area contributed by atoms with Gasteiger partial charge in [0, 0.05) is 25.9 Å². The summed E-state index contributed by atoms with van der Waals surface area (Å²) in [5.41, 5.74) is 0.484. The number of rotatable bonds is 2. The first-order valence-electron chi connectivity index (χ1n) is 6.31. The largest absolute Gasteiger partial charge is 0.348 e. The molecule has 0 aromatic heterocycles. The van der Waals surface area contributed by atoms with Crippen molar-refractivity contribution in [3.05, 3.63) is 0 Å². The predicted molar refractivity (Wildman–Crippen MR) is 64.5 cm³/mol. The normalized spacial score (nSPS) is 22.3. The lowest BCUT2D eigenvalue weighted by atomic mass is 9.95. The molecule has 1 aliphatic carbocycles. The number of hydrogen-bond acceptors (Lipinski definition) is 3. The molecule has 2 aliphatic rings. The van der Waals surface area contributed by atoms with Crippen LogP contribution >= 0.6 is 0 Å². The fourth-order valence-electron chi connectivity index (χ4n) is 2.35. The van der Waals surface area contributed by atoms with E-state index < -0.39 is 0 Å². The van der Waals surface area contributed by atoms with Gasteiger partial charge in [-0.25, -0.2) is 5.01 Å². The minimum Gasteiger partial charge on any atom is -0.348 e. The van der Waals surface area contributed by atoms with Crippen LogP contribution in [0.3, 0.4) is 0 Å². The van der Waals surface area contributed by atoms with Crippen molar-refractivity contribution in [3.63, 3.8) is 0 Å². The Morgan fingerprint density at radius 1 is 1.29 bits per heavy atom. The Kier molecular flexibility index (Phi) is 3.76. The molecule has 0 saturated heterocycles. The van der Waals surface area contributed by atoms with Gasteiger partial charge in [-0.2, -0.15) is 5.10 Å². The smallest absolute Gasteiger partial charge is 0.267 e. The molecule has 1 fully saturated rings. The Balaban J connectivity index is 1.91. The molecule has 2 rings (SSSR count). The monoisotopic (exact) mass is 237 g/mol. The highest BCUT2D eigenvalue weighted by atomic mass is 16.2. The molecule has 0 aromatic carbocycles. The highest BCUT2D eigenvalue weighted by Gasteiger charge is 2.24. The van der Waals surface area contributed by atoms with Gasteiger partial charge in [-0.05, 0) is 12.8 Å². The molecular formula is C12H19N3O2. The van der Waals surface area contributed by atoms with Gasteiger partial charge in [-0.1, -0.05) is 19.3 Å². The van der Waals surface area contributed by atoms with E-state index in [0.29, 0.717) is 24.6 Å². The molecular weight excluding hydrogens is 218 g/mol. The zero-order valence-corrected chi connectivity index (χ0v) is 10.2. The fraction of sp³-hybridized carbons (Fsp3) is 0.750. The van der Waals surface area contributed by atoms with Gasteiger partial charge in [0.15, 0.2) is 0 Å². The van der Waals surface area contributed by atoms with Crippen molar-refractivity contribution in [2.45, 2.75) is 51.0 Å². The van der Waals surface area contributed by atoms with Gasteiger partial charge in [-0.15, -0.1) is 0 Å². The van der Waals surface area contributed by atoms with Crippen LogP contribution in [0.25, 0.3) is 0 Å². The van der Waals surface area contributed by atoms with Crippen molar-refractivity contribution >= 4 is 17.5 Å². The molecule has 0 unspecified atom stereocenters. The van der Waals surface area contributed by atoms with Crippen LogP contribution in [0.1, 0.15) is 44.9 Å². The van der Waals surface area contributed by atoms with Crippen molar-refractivity contribution in [2.24, 2.45) is 5.10 Å². The second-order valence-corrected chi connectivity index (χ2v) is 4.77. The molecule has 1 saturated carbocycles. The molecule has 1 heterocycles. The van der Waals surface area contributed by atoms with Gasteiger partial charge in [-0.3, -0.25) is 9.59 Å². The van der Waals surface area contributed by atoms with E-state index in [0.717, 1.165) is 12.8 Å². The molecule has 0 spiro atoms. The van der Waals surface area contributed by atoms with Crippen LogP contribution in [-0.4, -0.2) is 35.6 Å². The zero-order chi connectivity index (χ0) is 12.3. The summed E-state index contributed by atoms with van der Waals surface area (Å²) in [6, 6.07) is 0.293. The number of carbonyl (C=O) groups is 2. The Hall–Kier alpha value is -1.39. The van der Waals surface area contributed by atoms with Crippen LogP contribution in [0.5, 0.6) is 0 Å². The number of nitrogens with zero attached hydrogens (tertiary/aromatic N) is 2. The highest BCUT2D eigenvalue weighted by molar-refractivity contribution is 6.39. The standard InChI is InChI=1S/C12H19N3O2/c1-15-11(16)8-7-10(14-15)12(17)13-9-5-3-2-4-6-9/h9H,2-8H2,1H3,(H,13,17). The summed E-state index contributed by atoms with van der Waals surface area (Å²) in [6.45, 7) is 0. The summed E-state index contributed by atoms with van der Waals surface area (Å²) in [6.07, 6.45) is 6.62. The summed E-state index contributed by atoms with van der Waals surface area (Å²) in [4.78, 5) is 23.2. The molecule has 0 atom stereocenters. The van der Waals surface area contributed by atoms with Gasteiger partial charge in [0.25, 0.3) is 5.91 Å². The van der Waals surface area contributed by atoms with Crippen molar-refractivity contribution in [1.82, 2.24) is 10.3 Å². The van der Waals surface area contributed by atoms with Crippen LogP contribution in [-0.2, 0) is 9.59 Å². The van der Waals surface area contributed by atoms with Crippen molar-refractivity contribution < 1.29 is 9.59 Å². The minimum atomic E-state index is -0.101. The molecule has 0 bridgehead atoms. The maximum Gasteiger partial charge on any atom is 0.267 e. The lowest BCUT2D eigenvalue weighted by Crippen LogP contribution is -2.43. The van der Waals surface area contributed by atoms with Gasteiger partial charge in [0.05, 0.1) is 0 Å². The second-order valence-electron chi connectivity index (χ2n) is 4.77.